The standard InChI is InChI=1S/C26H38N4O2.HI/c1-4-27-26(29-18-23-9-6-20(3)16-25(23)32-5-2)28-17-21-7-10-24(11-8-21)30-14-12-22(19-31)13-15-30;/h6-11,16,22,31H,4-5,12-15,17-19H2,1-3H3,(H2,27,28,29);1H. The van der Waals surface area contributed by atoms with Gasteiger partial charge in [0.2, 0.25) is 0 Å². The van der Waals surface area contributed by atoms with E-state index < -0.39 is 0 Å². The van der Waals surface area contributed by atoms with E-state index in [1.807, 2.05) is 6.92 Å². The van der Waals surface area contributed by atoms with Gasteiger partial charge < -0.3 is 25.4 Å². The van der Waals surface area contributed by atoms with Crippen LogP contribution in [0.5, 0.6) is 5.75 Å². The van der Waals surface area contributed by atoms with Gasteiger partial charge in [-0.15, -0.1) is 24.0 Å². The first-order chi connectivity index (χ1) is 15.6. The molecule has 0 amide bonds. The molecule has 7 heteroatoms. The average molecular weight is 567 g/mol. The van der Waals surface area contributed by atoms with E-state index in [2.05, 4.69) is 71.8 Å². The van der Waals surface area contributed by atoms with Gasteiger partial charge >= 0.3 is 0 Å². The normalized spacial score (nSPS) is 14.5. The molecular weight excluding hydrogens is 527 g/mol. The number of piperidine rings is 1. The third-order valence-electron chi connectivity index (χ3n) is 5.91. The van der Waals surface area contributed by atoms with Crippen LogP contribution in [0, 0.1) is 12.8 Å². The average Bonchev–Trinajstić information content (AvgIpc) is 2.82. The fourth-order valence-corrected chi connectivity index (χ4v) is 3.97. The fourth-order valence-electron chi connectivity index (χ4n) is 3.97. The van der Waals surface area contributed by atoms with Crippen LogP contribution < -0.4 is 20.3 Å². The molecule has 1 fully saturated rings. The first-order valence-corrected chi connectivity index (χ1v) is 11.8. The Labute approximate surface area is 215 Å². The van der Waals surface area contributed by atoms with Crippen LogP contribution in [-0.2, 0) is 13.1 Å². The number of hydrogen-bond acceptors (Lipinski definition) is 4. The maximum atomic E-state index is 9.33. The van der Waals surface area contributed by atoms with Gasteiger partial charge in [-0.2, -0.15) is 0 Å². The number of benzene rings is 2. The number of nitrogens with zero attached hydrogens (tertiary/aromatic N) is 2. The van der Waals surface area contributed by atoms with Crippen LogP contribution in [0.15, 0.2) is 47.5 Å². The molecule has 33 heavy (non-hydrogen) atoms. The van der Waals surface area contributed by atoms with E-state index in [0.717, 1.165) is 49.7 Å². The van der Waals surface area contributed by atoms with E-state index in [1.54, 1.807) is 0 Å². The minimum Gasteiger partial charge on any atom is -0.494 e. The van der Waals surface area contributed by atoms with Crippen LogP contribution in [0.4, 0.5) is 5.69 Å². The highest BCUT2D eigenvalue weighted by molar-refractivity contribution is 14.0. The second-order valence-electron chi connectivity index (χ2n) is 8.37. The van der Waals surface area contributed by atoms with Gasteiger partial charge in [0.15, 0.2) is 5.96 Å². The van der Waals surface area contributed by atoms with E-state index in [0.29, 0.717) is 32.2 Å². The van der Waals surface area contributed by atoms with Gasteiger partial charge in [-0.25, -0.2) is 4.99 Å². The zero-order valence-electron chi connectivity index (χ0n) is 20.1. The fraction of sp³-hybridized carbons (Fsp3) is 0.500. The van der Waals surface area contributed by atoms with E-state index in [1.165, 1.54) is 16.8 Å². The minimum atomic E-state index is 0. The maximum Gasteiger partial charge on any atom is 0.191 e. The number of aliphatic hydroxyl groups is 1. The van der Waals surface area contributed by atoms with Gasteiger partial charge in [0.25, 0.3) is 0 Å². The van der Waals surface area contributed by atoms with E-state index in [-0.39, 0.29) is 24.0 Å². The second-order valence-corrected chi connectivity index (χ2v) is 8.37. The summed E-state index contributed by atoms with van der Waals surface area (Å²) >= 11 is 0. The number of rotatable bonds is 9. The summed E-state index contributed by atoms with van der Waals surface area (Å²) in [6.07, 6.45) is 2.12. The molecule has 0 atom stereocenters. The lowest BCUT2D eigenvalue weighted by atomic mass is 9.97. The summed E-state index contributed by atoms with van der Waals surface area (Å²) in [7, 11) is 0. The van der Waals surface area contributed by atoms with Crippen LogP contribution >= 0.6 is 24.0 Å². The van der Waals surface area contributed by atoms with Crippen LogP contribution in [0.3, 0.4) is 0 Å². The molecule has 1 aliphatic rings. The summed E-state index contributed by atoms with van der Waals surface area (Å²) in [4.78, 5) is 7.17. The summed E-state index contributed by atoms with van der Waals surface area (Å²) in [5, 5.41) is 16.1. The number of aliphatic hydroxyl groups excluding tert-OH is 1. The molecule has 0 aromatic heterocycles. The van der Waals surface area contributed by atoms with E-state index in [4.69, 9.17) is 9.73 Å². The number of ether oxygens (including phenoxy) is 1. The smallest absolute Gasteiger partial charge is 0.191 e. The Morgan fingerprint density at radius 3 is 2.45 bits per heavy atom. The van der Waals surface area contributed by atoms with Crippen LogP contribution in [0.1, 0.15) is 43.4 Å². The van der Waals surface area contributed by atoms with Crippen molar-refractivity contribution in [1.82, 2.24) is 10.6 Å². The molecule has 3 rings (SSSR count). The number of anilines is 1. The molecule has 1 saturated heterocycles. The SMILES string of the molecule is CCNC(=NCc1ccc(N2CCC(CO)CC2)cc1)NCc1ccc(C)cc1OCC.I. The Kier molecular flexibility index (Phi) is 11.8. The zero-order valence-corrected chi connectivity index (χ0v) is 22.5. The molecule has 1 aliphatic heterocycles. The van der Waals surface area contributed by atoms with Crippen LogP contribution in [0.2, 0.25) is 0 Å². The topological polar surface area (TPSA) is 69.1 Å². The summed E-state index contributed by atoms with van der Waals surface area (Å²) in [5.74, 6) is 2.18. The van der Waals surface area contributed by atoms with E-state index >= 15 is 0 Å². The molecule has 3 N–H and O–H groups in total. The Morgan fingerprint density at radius 1 is 1.09 bits per heavy atom. The monoisotopic (exact) mass is 566 g/mol. The molecule has 2 aromatic carbocycles. The number of aliphatic imine (C=N–C) groups is 1. The molecule has 0 saturated carbocycles. The largest absolute Gasteiger partial charge is 0.494 e. The summed E-state index contributed by atoms with van der Waals surface area (Å²) in [5.41, 5.74) is 4.75. The highest BCUT2D eigenvalue weighted by Crippen LogP contribution is 2.23. The number of hydrogen-bond donors (Lipinski definition) is 3. The lowest BCUT2D eigenvalue weighted by Gasteiger charge is -2.32. The van der Waals surface area contributed by atoms with Crippen LogP contribution in [0.25, 0.3) is 0 Å². The number of aryl methyl sites for hydroxylation is 1. The zero-order chi connectivity index (χ0) is 22.8. The first kappa shape index (κ1) is 27.2. The van der Waals surface area contributed by atoms with Gasteiger partial charge in [0.1, 0.15) is 5.75 Å². The van der Waals surface area contributed by atoms with Crippen molar-refractivity contribution in [3.63, 3.8) is 0 Å². The van der Waals surface area contributed by atoms with Crippen molar-refractivity contribution in [2.45, 2.75) is 46.7 Å². The molecule has 2 aromatic rings. The number of halogens is 1. The quantitative estimate of drug-likeness (QED) is 0.238. The molecule has 1 heterocycles. The van der Waals surface area contributed by atoms with Crippen molar-refractivity contribution in [2.75, 3.05) is 37.7 Å². The van der Waals surface area contributed by atoms with Gasteiger partial charge in [0, 0.05) is 44.0 Å². The molecular formula is C26H39IN4O2. The van der Waals surface area contributed by atoms with Crippen molar-refractivity contribution in [3.05, 3.63) is 59.2 Å². The second kappa shape index (κ2) is 14.3. The van der Waals surface area contributed by atoms with Crippen LogP contribution in [-0.4, -0.2) is 43.9 Å². The van der Waals surface area contributed by atoms with E-state index in [9.17, 15) is 5.11 Å². The highest BCUT2D eigenvalue weighted by atomic mass is 127. The van der Waals surface area contributed by atoms with Crippen molar-refractivity contribution in [3.8, 4) is 5.75 Å². The third-order valence-corrected chi connectivity index (χ3v) is 5.91. The minimum absolute atomic E-state index is 0. The third kappa shape index (κ3) is 8.37. The summed E-state index contributed by atoms with van der Waals surface area (Å²) in [6, 6.07) is 15.0. The van der Waals surface area contributed by atoms with Crippen molar-refractivity contribution in [1.29, 1.82) is 0 Å². The molecule has 0 spiro atoms. The molecule has 0 bridgehead atoms. The number of guanidine groups is 1. The van der Waals surface area contributed by atoms with Crippen molar-refractivity contribution >= 4 is 35.6 Å². The van der Waals surface area contributed by atoms with Gasteiger partial charge in [-0.1, -0.05) is 24.3 Å². The van der Waals surface area contributed by atoms with Crippen molar-refractivity contribution in [2.24, 2.45) is 10.9 Å². The Morgan fingerprint density at radius 2 is 1.82 bits per heavy atom. The predicted octanol–water partition coefficient (Wildman–Crippen LogP) is 4.48. The molecule has 6 nitrogen and oxygen atoms in total. The molecule has 0 unspecified atom stereocenters. The Balaban J connectivity index is 0.00000385. The van der Waals surface area contributed by atoms with Crippen molar-refractivity contribution < 1.29 is 9.84 Å². The predicted molar refractivity (Wildman–Crippen MR) is 148 cm³/mol. The van der Waals surface area contributed by atoms with Gasteiger partial charge in [-0.3, -0.25) is 0 Å². The summed E-state index contributed by atoms with van der Waals surface area (Å²) < 4.78 is 5.80. The Bertz CT molecular complexity index is 865. The lowest BCUT2D eigenvalue weighted by molar-refractivity contribution is 0.203. The first-order valence-electron chi connectivity index (χ1n) is 11.8. The molecule has 0 aliphatic carbocycles. The highest BCUT2D eigenvalue weighted by Gasteiger charge is 2.18. The van der Waals surface area contributed by atoms with Gasteiger partial charge in [-0.05, 0) is 68.9 Å². The molecule has 0 radical (unpaired) electrons. The molecule has 182 valence electrons. The lowest BCUT2D eigenvalue weighted by Crippen LogP contribution is -2.36. The summed E-state index contributed by atoms with van der Waals surface area (Å²) in [6.45, 7) is 11.2. The number of nitrogens with one attached hydrogen (secondary N) is 2. The van der Waals surface area contributed by atoms with Gasteiger partial charge in [0.05, 0.1) is 13.2 Å². The maximum absolute atomic E-state index is 9.33. The Hall–Kier alpha value is -2.00.